The third-order valence-electron chi connectivity index (χ3n) is 3.35. The first-order valence-corrected chi connectivity index (χ1v) is 7.21. The van der Waals surface area contributed by atoms with E-state index in [1.54, 1.807) is 11.3 Å². The Balaban J connectivity index is 2.90. The van der Waals surface area contributed by atoms with E-state index in [4.69, 9.17) is 0 Å². The zero-order valence-electron chi connectivity index (χ0n) is 10.9. The van der Waals surface area contributed by atoms with Gasteiger partial charge >= 0.3 is 0 Å². The summed E-state index contributed by atoms with van der Waals surface area (Å²) in [5.41, 5.74) is 0.0956. The Kier molecular flexibility index (Phi) is 5.42. The normalized spacial score (nSPS) is 17.0. The van der Waals surface area contributed by atoms with Crippen LogP contribution >= 0.6 is 11.3 Å². The van der Waals surface area contributed by atoms with E-state index >= 15 is 0 Å². The van der Waals surface area contributed by atoms with Gasteiger partial charge in [0.1, 0.15) is 5.01 Å². The van der Waals surface area contributed by atoms with Gasteiger partial charge in [-0.3, -0.25) is 0 Å². The summed E-state index contributed by atoms with van der Waals surface area (Å²) in [4.78, 5) is 4.52. The monoisotopic (exact) mass is 240 g/mol. The Hall–Kier alpha value is -0.410. The van der Waals surface area contributed by atoms with Gasteiger partial charge in [-0.1, -0.05) is 34.1 Å². The molecule has 0 aliphatic carbocycles. The minimum atomic E-state index is 0.0956. The molecule has 0 saturated heterocycles. The summed E-state index contributed by atoms with van der Waals surface area (Å²) in [6.45, 7) is 10.0. The van der Waals surface area contributed by atoms with Gasteiger partial charge in [-0.2, -0.15) is 0 Å². The van der Waals surface area contributed by atoms with Crippen molar-refractivity contribution in [3.8, 4) is 0 Å². The Morgan fingerprint density at radius 2 is 2.19 bits per heavy atom. The molecule has 0 aliphatic rings. The highest BCUT2D eigenvalue weighted by atomic mass is 32.1. The van der Waals surface area contributed by atoms with E-state index in [-0.39, 0.29) is 5.54 Å². The Labute approximate surface area is 103 Å². The van der Waals surface area contributed by atoms with Crippen molar-refractivity contribution in [2.45, 2.75) is 52.5 Å². The van der Waals surface area contributed by atoms with Crippen LogP contribution in [0, 0.1) is 5.92 Å². The van der Waals surface area contributed by atoms with Crippen molar-refractivity contribution in [2.24, 2.45) is 5.92 Å². The van der Waals surface area contributed by atoms with Crippen LogP contribution in [0.3, 0.4) is 0 Å². The molecular formula is C13H24N2S. The van der Waals surface area contributed by atoms with Gasteiger partial charge in [0.15, 0.2) is 0 Å². The van der Waals surface area contributed by atoms with E-state index < -0.39 is 0 Å². The standard InChI is InChI=1S/C13H24N2S/c1-5-11(4)10-13(6-2,15-7-3)12-14-8-9-16-12/h8-9,11,15H,5-7,10H2,1-4H3. The minimum absolute atomic E-state index is 0.0956. The van der Waals surface area contributed by atoms with E-state index in [1.165, 1.54) is 17.8 Å². The lowest BCUT2D eigenvalue weighted by Gasteiger charge is -2.34. The average Bonchev–Trinajstić information content (AvgIpc) is 2.82. The maximum absolute atomic E-state index is 4.52. The number of aromatic nitrogens is 1. The fourth-order valence-corrected chi connectivity index (χ4v) is 3.09. The number of nitrogens with one attached hydrogen (secondary N) is 1. The maximum atomic E-state index is 4.52. The largest absolute Gasteiger partial charge is 0.306 e. The third-order valence-corrected chi connectivity index (χ3v) is 4.33. The van der Waals surface area contributed by atoms with Gasteiger partial charge in [0.25, 0.3) is 0 Å². The van der Waals surface area contributed by atoms with Crippen LogP contribution in [-0.2, 0) is 5.54 Å². The second kappa shape index (κ2) is 6.36. The molecule has 0 fully saturated rings. The molecule has 0 spiro atoms. The highest BCUT2D eigenvalue weighted by Gasteiger charge is 2.33. The van der Waals surface area contributed by atoms with Crippen molar-refractivity contribution in [1.82, 2.24) is 10.3 Å². The smallest absolute Gasteiger partial charge is 0.113 e. The van der Waals surface area contributed by atoms with Crippen LogP contribution in [0.1, 0.15) is 52.0 Å². The van der Waals surface area contributed by atoms with E-state index in [0.717, 1.165) is 18.9 Å². The minimum Gasteiger partial charge on any atom is -0.306 e. The number of rotatable bonds is 7. The maximum Gasteiger partial charge on any atom is 0.113 e. The lowest BCUT2D eigenvalue weighted by atomic mass is 9.85. The van der Waals surface area contributed by atoms with Crippen molar-refractivity contribution in [3.63, 3.8) is 0 Å². The van der Waals surface area contributed by atoms with Crippen molar-refractivity contribution < 1.29 is 0 Å². The van der Waals surface area contributed by atoms with Crippen LogP contribution in [0.2, 0.25) is 0 Å². The van der Waals surface area contributed by atoms with Crippen molar-refractivity contribution in [2.75, 3.05) is 6.54 Å². The van der Waals surface area contributed by atoms with Gasteiger partial charge in [0.05, 0.1) is 5.54 Å². The molecule has 3 heteroatoms. The van der Waals surface area contributed by atoms with Crippen molar-refractivity contribution >= 4 is 11.3 Å². The molecule has 2 nitrogen and oxygen atoms in total. The first kappa shape index (κ1) is 13.7. The predicted octanol–water partition coefficient (Wildman–Crippen LogP) is 3.79. The molecule has 1 aromatic heterocycles. The third kappa shape index (κ3) is 3.05. The predicted molar refractivity (Wildman–Crippen MR) is 71.8 cm³/mol. The van der Waals surface area contributed by atoms with Crippen LogP contribution in [0.15, 0.2) is 11.6 Å². The lowest BCUT2D eigenvalue weighted by molar-refractivity contribution is 0.254. The van der Waals surface area contributed by atoms with Crippen LogP contribution < -0.4 is 5.32 Å². The summed E-state index contributed by atoms with van der Waals surface area (Å²) in [5, 5.41) is 6.99. The van der Waals surface area contributed by atoms with Gasteiger partial charge < -0.3 is 5.32 Å². The number of hydrogen-bond donors (Lipinski definition) is 1. The zero-order chi connectivity index (χ0) is 12.0. The Morgan fingerprint density at radius 1 is 1.44 bits per heavy atom. The van der Waals surface area contributed by atoms with E-state index in [2.05, 4.69) is 43.4 Å². The topological polar surface area (TPSA) is 24.9 Å². The van der Waals surface area contributed by atoms with E-state index in [9.17, 15) is 0 Å². The van der Waals surface area contributed by atoms with Gasteiger partial charge in [0.2, 0.25) is 0 Å². The molecular weight excluding hydrogens is 216 g/mol. The molecule has 2 unspecified atom stereocenters. The van der Waals surface area contributed by atoms with E-state index in [1.807, 2.05) is 6.20 Å². The first-order chi connectivity index (χ1) is 7.68. The second-order valence-electron chi connectivity index (χ2n) is 4.52. The summed E-state index contributed by atoms with van der Waals surface area (Å²) in [7, 11) is 0. The molecule has 2 atom stereocenters. The molecule has 0 bridgehead atoms. The number of hydrogen-bond acceptors (Lipinski definition) is 3. The molecule has 0 saturated carbocycles. The molecule has 1 N–H and O–H groups in total. The fourth-order valence-electron chi connectivity index (χ4n) is 2.19. The first-order valence-electron chi connectivity index (χ1n) is 6.33. The molecule has 0 radical (unpaired) electrons. The molecule has 1 rings (SSSR count). The van der Waals surface area contributed by atoms with Gasteiger partial charge in [-0.05, 0) is 25.3 Å². The molecule has 0 aliphatic heterocycles. The van der Waals surface area contributed by atoms with Gasteiger partial charge in [-0.25, -0.2) is 4.98 Å². The van der Waals surface area contributed by atoms with Crippen molar-refractivity contribution in [1.29, 1.82) is 0 Å². The SMILES string of the molecule is CCNC(CC)(CC(C)CC)c1nccs1. The zero-order valence-corrected chi connectivity index (χ0v) is 11.7. The molecule has 92 valence electrons. The number of thiazole rings is 1. The van der Waals surface area contributed by atoms with Gasteiger partial charge in [0, 0.05) is 11.6 Å². The van der Waals surface area contributed by atoms with Crippen LogP contribution in [0.4, 0.5) is 0 Å². The summed E-state index contributed by atoms with van der Waals surface area (Å²) >= 11 is 1.77. The number of nitrogens with zero attached hydrogens (tertiary/aromatic N) is 1. The van der Waals surface area contributed by atoms with Crippen LogP contribution in [0.5, 0.6) is 0 Å². The van der Waals surface area contributed by atoms with Crippen LogP contribution in [0.25, 0.3) is 0 Å². The molecule has 1 aromatic rings. The summed E-state index contributed by atoms with van der Waals surface area (Å²) < 4.78 is 0. The lowest BCUT2D eigenvalue weighted by Crippen LogP contribution is -2.43. The average molecular weight is 240 g/mol. The summed E-state index contributed by atoms with van der Waals surface area (Å²) in [6, 6.07) is 0. The quantitative estimate of drug-likeness (QED) is 0.784. The summed E-state index contributed by atoms with van der Waals surface area (Å²) in [5.74, 6) is 0.739. The second-order valence-corrected chi connectivity index (χ2v) is 5.42. The summed E-state index contributed by atoms with van der Waals surface area (Å²) in [6.07, 6.45) is 5.44. The Bertz CT molecular complexity index is 284. The van der Waals surface area contributed by atoms with E-state index in [0.29, 0.717) is 0 Å². The van der Waals surface area contributed by atoms with Crippen LogP contribution in [-0.4, -0.2) is 11.5 Å². The molecule has 0 amide bonds. The molecule has 1 heterocycles. The highest BCUT2D eigenvalue weighted by Crippen LogP contribution is 2.34. The fraction of sp³-hybridized carbons (Fsp3) is 0.769. The van der Waals surface area contributed by atoms with Gasteiger partial charge in [-0.15, -0.1) is 11.3 Å². The Morgan fingerprint density at radius 3 is 2.62 bits per heavy atom. The van der Waals surface area contributed by atoms with Crippen molar-refractivity contribution in [3.05, 3.63) is 16.6 Å². The molecule has 16 heavy (non-hydrogen) atoms. The molecule has 0 aromatic carbocycles. The highest BCUT2D eigenvalue weighted by molar-refractivity contribution is 7.09.